The van der Waals surface area contributed by atoms with E-state index in [0.29, 0.717) is 12.4 Å². The molecule has 0 aliphatic heterocycles. The average Bonchev–Trinajstić information content (AvgIpc) is 2.63. The number of nitrogens with one attached hydrogen (secondary N) is 1. The summed E-state index contributed by atoms with van der Waals surface area (Å²) in [6, 6.07) is 8.48. The van der Waals surface area contributed by atoms with E-state index in [0.717, 1.165) is 24.4 Å². The fraction of sp³-hybridized carbons (Fsp3) is 0.235. The first-order valence-corrected chi connectivity index (χ1v) is 9.51. The minimum atomic E-state index is -4.04. The van der Waals surface area contributed by atoms with Crippen molar-refractivity contribution >= 4 is 16.2 Å². The van der Waals surface area contributed by atoms with Gasteiger partial charge in [-0.2, -0.15) is 31.1 Å². The van der Waals surface area contributed by atoms with Crippen molar-refractivity contribution in [3.63, 3.8) is 0 Å². The van der Waals surface area contributed by atoms with Crippen molar-refractivity contribution in [3.8, 4) is 17.2 Å². The highest BCUT2D eigenvalue weighted by Gasteiger charge is 2.15. The van der Waals surface area contributed by atoms with E-state index in [-0.39, 0.29) is 10.5 Å². The van der Waals surface area contributed by atoms with Crippen LogP contribution in [0.3, 0.4) is 0 Å². The van der Waals surface area contributed by atoms with E-state index < -0.39 is 34.7 Å². The van der Waals surface area contributed by atoms with Crippen molar-refractivity contribution in [2.45, 2.75) is 25.0 Å². The fourth-order valence-electron chi connectivity index (χ4n) is 2.10. The standard InChI is InChI=1S/C17H16F4N2O5S/c1-2-26-12-5-7-14(8-6-12)29(24,25)23-22-10-11-3-4-13(27-16(18)19)9-15(11)28-17(20)21/h3-10,16-17,23H,2H2,1H3/b22-10-. The zero-order chi connectivity index (χ0) is 21.4. The molecule has 0 unspecified atom stereocenters. The number of nitrogens with zero attached hydrogens (tertiary/aromatic N) is 1. The van der Waals surface area contributed by atoms with E-state index in [1.54, 1.807) is 6.92 Å². The molecule has 0 fully saturated rings. The van der Waals surface area contributed by atoms with Crippen LogP contribution in [0.1, 0.15) is 12.5 Å². The summed E-state index contributed by atoms with van der Waals surface area (Å²) in [4.78, 5) is 1.80. The van der Waals surface area contributed by atoms with Crippen LogP contribution >= 0.6 is 0 Å². The molecule has 1 N–H and O–H groups in total. The summed E-state index contributed by atoms with van der Waals surface area (Å²) >= 11 is 0. The minimum Gasteiger partial charge on any atom is -0.494 e. The molecule has 29 heavy (non-hydrogen) atoms. The molecule has 0 aromatic heterocycles. The molecule has 0 saturated heterocycles. The van der Waals surface area contributed by atoms with Gasteiger partial charge in [0.15, 0.2) is 0 Å². The van der Waals surface area contributed by atoms with Crippen molar-refractivity contribution in [3.05, 3.63) is 48.0 Å². The molecular formula is C17H16F4N2O5S. The van der Waals surface area contributed by atoms with Gasteiger partial charge in [-0.1, -0.05) is 0 Å². The summed E-state index contributed by atoms with van der Waals surface area (Å²) in [7, 11) is -4.04. The van der Waals surface area contributed by atoms with E-state index >= 15 is 0 Å². The molecule has 158 valence electrons. The average molecular weight is 436 g/mol. The molecule has 0 spiro atoms. The Morgan fingerprint density at radius 3 is 2.21 bits per heavy atom. The van der Waals surface area contributed by atoms with Crippen molar-refractivity contribution in [2.75, 3.05) is 6.61 Å². The number of hydrogen-bond donors (Lipinski definition) is 1. The summed E-state index contributed by atoms with van der Waals surface area (Å²) in [5, 5.41) is 3.50. The zero-order valence-electron chi connectivity index (χ0n) is 14.9. The van der Waals surface area contributed by atoms with E-state index in [1.165, 1.54) is 24.3 Å². The maximum Gasteiger partial charge on any atom is 0.387 e. The van der Waals surface area contributed by atoms with Crippen LogP contribution in [0.4, 0.5) is 17.6 Å². The van der Waals surface area contributed by atoms with Gasteiger partial charge in [0.05, 0.1) is 17.7 Å². The van der Waals surface area contributed by atoms with E-state index in [1.807, 2.05) is 4.83 Å². The number of sulfonamides is 1. The number of benzene rings is 2. The molecule has 0 atom stereocenters. The van der Waals surface area contributed by atoms with Crippen LogP contribution in [0, 0.1) is 0 Å². The predicted octanol–water partition coefficient (Wildman–Crippen LogP) is 3.60. The Morgan fingerprint density at radius 1 is 1.00 bits per heavy atom. The van der Waals surface area contributed by atoms with Gasteiger partial charge in [-0.15, -0.1) is 0 Å². The van der Waals surface area contributed by atoms with Gasteiger partial charge in [-0.3, -0.25) is 0 Å². The van der Waals surface area contributed by atoms with Crippen LogP contribution in [-0.4, -0.2) is 34.5 Å². The van der Waals surface area contributed by atoms with Crippen molar-refractivity contribution < 1.29 is 40.2 Å². The van der Waals surface area contributed by atoms with Gasteiger partial charge in [-0.05, 0) is 43.3 Å². The largest absolute Gasteiger partial charge is 0.494 e. The van der Waals surface area contributed by atoms with Crippen LogP contribution in [0.25, 0.3) is 0 Å². The van der Waals surface area contributed by atoms with Gasteiger partial charge in [-0.25, -0.2) is 4.83 Å². The molecule has 0 saturated carbocycles. The van der Waals surface area contributed by atoms with Gasteiger partial charge >= 0.3 is 13.2 Å². The third-order valence-electron chi connectivity index (χ3n) is 3.25. The molecule has 0 aliphatic rings. The second-order valence-corrected chi connectivity index (χ2v) is 6.87. The Bertz CT molecular complexity index is 937. The third-order valence-corrected chi connectivity index (χ3v) is 4.49. The second kappa shape index (κ2) is 9.96. The lowest BCUT2D eigenvalue weighted by atomic mass is 10.2. The third kappa shape index (κ3) is 6.82. The first-order chi connectivity index (χ1) is 13.7. The fourth-order valence-corrected chi connectivity index (χ4v) is 2.89. The monoisotopic (exact) mass is 436 g/mol. The Labute approximate surface area is 163 Å². The highest BCUT2D eigenvalue weighted by Crippen LogP contribution is 2.26. The van der Waals surface area contributed by atoms with Gasteiger partial charge in [0.25, 0.3) is 10.0 Å². The molecule has 7 nitrogen and oxygen atoms in total. The lowest BCUT2D eigenvalue weighted by molar-refractivity contribution is -0.0543. The molecule has 0 aliphatic carbocycles. The highest BCUT2D eigenvalue weighted by atomic mass is 32.2. The topological polar surface area (TPSA) is 86.2 Å². The molecule has 0 radical (unpaired) electrons. The van der Waals surface area contributed by atoms with Crippen LogP contribution in [0.15, 0.2) is 52.5 Å². The zero-order valence-corrected chi connectivity index (χ0v) is 15.7. The van der Waals surface area contributed by atoms with Crippen molar-refractivity contribution in [1.29, 1.82) is 0 Å². The van der Waals surface area contributed by atoms with Crippen molar-refractivity contribution in [1.82, 2.24) is 4.83 Å². The summed E-state index contributed by atoms with van der Waals surface area (Å²) in [6.45, 7) is -4.21. The smallest absolute Gasteiger partial charge is 0.387 e. The Hall–Kier alpha value is -3.02. The molecule has 2 aromatic carbocycles. The minimum absolute atomic E-state index is 0.0960. The number of rotatable bonds is 10. The molecule has 0 heterocycles. The predicted molar refractivity (Wildman–Crippen MR) is 95.2 cm³/mol. The number of hydrazone groups is 1. The first kappa shape index (κ1) is 22.3. The molecule has 12 heteroatoms. The van der Waals surface area contributed by atoms with E-state index in [2.05, 4.69) is 14.6 Å². The summed E-state index contributed by atoms with van der Waals surface area (Å²) in [6.07, 6.45) is 0.885. The first-order valence-electron chi connectivity index (χ1n) is 8.02. The lowest BCUT2D eigenvalue weighted by Crippen LogP contribution is -2.18. The van der Waals surface area contributed by atoms with Crippen LogP contribution in [0.2, 0.25) is 0 Å². The number of ether oxygens (including phenoxy) is 3. The Morgan fingerprint density at radius 2 is 1.62 bits per heavy atom. The molecule has 0 bridgehead atoms. The maximum atomic E-state index is 12.5. The van der Waals surface area contributed by atoms with Gasteiger partial charge < -0.3 is 14.2 Å². The van der Waals surface area contributed by atoms with Crippen LogP contribution in [-0.2, 0) is 10.0 Å². The lowest BCUT2D eigenvalue weighted by Gasteiger charge is -2.11. The second-order valence-electron chi connectivity index (χ2n) is 5.21. The van der Waals surface area contributed by atoms with Gasteiger partial charge in [0, 0.05) is 11.6 Å². The Balaban J connectivity index is 2.17. The summed E-state index contributed by atoms with van der Waals surface area (Å²) < 4.78 is 87.6. The molecule has 0 amide bonds. The van der Waals surface area contributed by atoms with Crippen molar-refractivity contribution in [2.24, 2.45) is 5.10 Å². The SMILES string of the molecule is CCOc1ccc(S(=O)(=O)N/N=C\c2ccc(OC(F)F)cc2OC(F)F)cc1. The maximum absolute atomic E-state index is 12.5. The number of alkyl halides is 4. The number of hydrogen-bond acceptors (Lipinski definition) is 6. The van der Waals surface area contributed by atoms with E-state index in [4.69, 9.17) is 4.74 Å². The number of halogens is 4. The van der Waals surface area contributed by atoms with Crippen LogP contribution in [0.5, 0.6) is 17.2 Å². The quantitative estimate of drug-likeness (QED) is 0.349. The molecule has 2 rings (SSSR count). The summed E-state index contributed by atoms with van der Waals surface area (Å²) in [5.74, 6) is -0.459. The van der Waals surface area contributed by atoms with E-state index in [9.17, 15) is 26.0 Å². The van der Waals surface area contributed by atoms with Gasteiger partial charge in [0.1, 0.15) is 17.2 Å². The highest BCUT2D eigenvalue weighted by molar-refractivity contribution is 7.89. The molecular weight excluding hydrogens is 420 g/mol. The molecule has 2 aromatic rings. The summed E-state index contributed by atoms with van der Waals surface area (Å²) in [5.41, 5.74) is -0.0960. The Kier molecular flexibility index (Phi) is 7.65. The van der Waals surface area contributed by atoms with Gasteiger partial charge in [0.2, 0.25) is 0 Å². The normalized spacial score (nSPS) is 11.8. The van der Waals surface area contributed by atoms with Crippen LogP contribution < -0.4 is 19.0 Å².